The normalized spacial score (nSPS) is 18.6. The number of rotatable bonds is 8. The molecular weight excluding hydrogens is 374 g/mol. The van der Waals surface area contributed by atoms with Gasteiger partial charge in [-0.05, 0) is 30.2 Å². The third kappa shape index (κ3) is 6.89. The van der Waals surface area contributed by atoms with Crippen molar-refractivity contribution in [3.63, 3.8) is 0 Å². The number of nitrogens with two attached hydrogens (primary N) is 1. The molecule has 1 aliphatic rings. The first-order valence-corrected chi connectivity index (χ1v) is 9.86. The zero-order valence-electron chi connectivity index (χ0n) is 16.9. The minimum atomic E-state index is -0.949. The minimum Gasteiger partial charge on any atom is -0.445 e. The van der Waals surface area contributed by atoms with Crippen molar-refractivity contribution in [1.82, 2.24) is 10.6 Å². The molecule has 1 fully saturated rings. The second-order valence-electron chi connectivity index (χ2n) is 7.71. The lowest BCUT2D eigenvalue weighted by molar-refractivity contribution is -0.132. The van der Waals surface area contributed by atoms with Crippen molar-refractivity contribution < 1.29 is 23.9 Å². The van der Waals surface area contributed by atoms with E-state index in [0.717, 1.165) is 5.56 Å². The number of ether oxygens (including phenoxy) is 1. The first kappa shape index (κ1) is 22.4. The van der Waals surface area contributed by atoms with E-state index >= 15 is 0 Å². The van der Waals surface area contributed by atoms with E-state index in [0.29, 0.717) is 19.3 Å². The van der Waals surface area contributed by atoms with Gasteiger partial charge < -0.3 is 21.1 Å². The van der Waals surface area contributed by atoms with Gasteiger partial charge in [0.25, 0.3) is 0 Å². The quantitative estimate of drug-likeness (QED) is 0.608. The van der Waals surface area contributed by atoms with Gasteiger partial charge in [-0.3, -0.25) is 14.4 Å². The van der Waals surface area contributed by atoms with Crippen molar-refractivity contribution in [2.45, 2.75) is 58.2 Å². The topological polar surface area (TPSA) is 128 Å². The smallest absolute Gasteiger partial charge is 0.408 e. The highest BCUT2D eigenvalue weighted by Gasteiger charge is 2.34. The van der Waals surface area contributed by atoms with Crippen molar-refractivity contribution in [3.8, 4) is 0 Å². The number of hydrogen-bond donors (Lipinski definition) is 3. The molecule has 158 valence electrons. The molecular formula is C21H29N3O5. The van der Waals surface area contributed by atoms with E-state index in [4.69, 9.17) is 10.5 Å². The standard InChI is InChI=1S/C21H29N3O5/c1-13(2)17(24-21(28)29-12-14-7-4-3-5-8-14)20(27)23-18(19(22)26)15-9-6-10-16(25)11-15/h3-5,7-8,13,15,17-18H,6,9-12H2,1-2H3,(H2,22,26)(H,23,27)(H,24,28)/t15-,17-,18+/m1/s1. The first-order valence-electron chi connectivity index (χ1n) is 9.86. The lowest BCUT2D eigenvalue weighted by Crippen LogP contribution is -2.57. The van der Waals surface area contributed by atoms with Gasteiger partial charge in [-0.2, -0.15) is 0 Å². The monoisotopic (exact) mass is 403 g/mol. The molecule has 4 N–H and O–H groups in total. The number of carbonyl (C=O) groups excluding carboxylic acids is 4. The molecule has 0 unspecified atom stereocenters. The molecule has 1 aromatic carbocycles. The Bertz CT molecular complexity index is 735. The van der Waals surface area contributed by atoms with E-state index in [1.807, 2.05) is 30.3 Å². The fraction of sp³-hybridized carbons (Fsp3) is 0.524. The summed E-state index contributed by atoms with van der Waals surface area (Å²) in [6.45, 7) is 3.61. The molecule has 8 nitrogen and oxygen atoms in total. The Morgan fingerprint density at radius 2 is 1.86 bits per heavy atom. The number of ketones is 1. The molecule has 0 bridgehead atoms. The third-order valence-electron chi connectivity index (χ3n) is 5.03. The van der Waals surface area contributed by atoms with E-state index in [1.54, 1.807) is 13.8 Å². The molecule has 2 rings (SSSR count). The van der Waals surface area contributed by atoms with Gasteiger partial charge in [0.05, 0.1) is 0 Å². The minimum absolute atomic E-state index is 0.0600. The van der Waals surface area contributed by atoms with Crippen molar-refractivity contribution in [3.05, 3.63) is 35.9 Å². The van der Waals surface area contributed by atoms with Crippen LogP contribution < -0.4 is 16.4 Å². The summed E-state index contributed by atoms with van der Waals surface area (Å²) in [6, 6.07) is 7.32. The van der Waals surface area contributed by atoms with Crippen LogP contribution in [0.4, 0.5) is 4.79 Å². The number of carbonyl (C=O) groups is 4. The van der Waals surface area contributed by atoms with Crippen LogP contribution in [0.25, 0.3) is 0 Å². The van der Waals surface area contributed by atoms with Gasteiger partial charge >= 0.3 is 6.09 Å². The number of nitrogens with one attached hydrogen (secondary N) is 2. The number of alkyl carbamates (subject to hydrolysis) is 1. The molecule has 3 atom stereocenters. The Balaban J connectivity index is 1.96. The van der Waals surface area contributed by atoms with E-state index in [9.17, 15) is 19.2 Å². The van der Waals surface area contributed by atoms with Crippen LogP contribution >= 0.6 is 0 Å². The van der Waals surface area contributed by atoms with Crippen LogP contribution in [0.1, 0.15) is 45.1 Å². The molecule has 1 saturated carbocycles. The van der Waals surface area contributed by atoms with Gasteiger partial charge in [0.2, 0.25) is 11.8 Å². The fourth-order valence-corrected chi connectivity index (χ4v) is 3.43. The van der Waals surface area contributed by atoms with Gasteiger partial charge in [0.1, 0.15) is 24.5 Å². The predicted octanol–water partition coefficient (Wildman–Crippen LogP) is 1.67. The van der Waals surface area contributed by atoms with Crippen LogP contribution in [0.2, 0.25) is 0 Å². The van der Waals surface area contributed by atoms with Crippen LogP contribution in [0.3, 0.4) is 0 Å². The number of benzene rings is 1. The van der Waals surface area contributed by atoms with Crippen LogP contribution in [0.15, 0.2) is 30.3 Å². The first-order chi connectivity index (χ1) is 13.8. The molecule has 0 aromatic heterocycles. The zero-order valence-corrected chi connectivity index (χ0v) is 16.9. The van der Waals surface area contributed by atoms with Gasteiger partial charge in [0, 0.05) is 12.8 Å². The van der Waals surface area contributed by atoms with Gasteiger partial charge in [0.15, 0.2) is 0 Å². The van der Waals surface area contributed by atoms with Crippen molar-refractivity contribution in [1.29, 1.82) is 0 Å². The Hall–Kier alpha value is -2.90. The summed E-state index contributed by atoms with van der Waals surface area (Å²) in [5.41, 5.74) is 6.30. The second-order valence-corrected chi connectivity index (χ2v) is 7.71. The largest absolute Gasteiger partial charge is 0.445 e. The van der Waals surface area contributed by atoms with Crippen LogP contribution in [0, 0.1) is 11.8 Å². The molecule has 0 aliphatic heterocycles. The van der Waals surface area contributed by atoms with Crippen LogP contribution in [0.5, 0.6) is 0 Å². The number of hydrogen-bond acceptors (Lipinski definition) is 5. The average Bonchev–Trinajstić information content (AvgIpc) is 2.68. The molecule has 1 aromatic rings. The summed E-state index contributed by atoms with van der Waals surface area (Å²) in [5.74, 6) is -1.73. The summed E-state index contributed by atoms with van der Waals surface area (Å²) < 4.78 is 5.18. The van der Waals surface area contributed by atoms with E-state index in [1.165, 1.54) is 0 Å². The molecule has 3 amide bonds. The van der Waals surface area contributed by atoms with E-state index in [-0.39, 0.29) is 30.6 Å². The molecule has 0 spiro atoms. The number of Topliss-reactive ketones (excluding diaryl/α,β-unsaturated/α-hetero) is 1. The highest BCUT2D eigenvalue weighted by atomic mass is 16.5. The van der Waals surface area contributed by atoms with Crippen molar-refractivity contribution in [2.24, 2.45) is 17.6 Å². The maximum absolute atomic E-state index is 12.8. The maximum Gasteiger partial charge on any atom is 0.408 e. The molecule has 29 heavy (non-hydrogen) atoms. The van der Waals surface area contributed by atoms with E-state index < -0.39 is 30.0 Å². The van der Waals surface area contributed by atoms with Crippen LogP contribution in [-0.2, 0) is 25.7 Å². The summed E-state index contributed by atoms with van der Waals surface area (Å²) in [7, 11) is 0. The lowest BCUT2D eigenvalue weighted by atomic mass is 9.82. The van der Waals surface area contributed by atoms with Crippen molar-refractivity contribution >= 4 is 23.7 Å². The van der Waals surface area contributed by atoms with Gasteiger partial charge in [-0.15, -0.1) is 0 Å². The highest BCUT2D eigenvalue weighted by molar-refractivity contribution is 5.91. The SMILES string of the molecule is CC(C)[C@@H](NC(=O)OCc1ccccc1)C(=O)N[C@H](C(N)=O)[C@@H]1CCCC(=O)C1. The Labute approximate surface area is 170 Å². The lowest BCUT2D eigenvalue weighted by Gasteiger charge is -2.30. The number of primary amides is 1. The van der Waals surface area contributed by atoms with Gasteiger partial charge in [-0.1, -0.05) is 44.2 Å². The van der Waals surface area contributed by atoms with Crippen LogP contribution in [-0.4, -0.2) is 35.8 Å². The zero-order chi connectivity index (χ0) is 21.4. The number of amides is 3. The molecule has 0 radical (unpaired) electrons. The Morgan fingerprint density at radius 1 is 1.17 bits per heavy atom. The van der Waals surface area contributed by atoms with E-state index in [2.05, 4.69) is 10.6 Å². The summed E-state index contributed by atoms with van der Waals surface area (Å²) in [6.07, 6.45) is 1.28. The highest BCUT2D eigenvalue weighted by Crippen LogP contribution is 2.24. The average molecular weight is 403 g/mol. The molecule has 1 aliphatic carbocycles. The van der Waals surface area contributed by atoms with Gasteiger partial charge in [-0.25, -0.2) is 4.79 Å². The van der Waals surface area contributed by atoms with Crippen molar-refractivity contribution in [2.75, 3.05) is 0 Å². The maximum atomic E-state index is 12.8. The Morgan fingerprint density at radius 3 is 2.45 bits per heavy atom. The molecule has 0 saturated heterocycles. The third-order valence-corrected chi connectivity index (χ3v) is 5.03. The summed E-state index contributed by atoms with van der Waals surface area (Å²) >= 11 is 0. The molecule has 8 heteroatoms. The summed E-state index contributed by atoms with van der Waals surface area (Å²) in [5, 5.41) is 5.18. The predicted molar refractivity (Wildman–Crippen MR) is 106 cm³/mol. The second kappa shape index (κ2) is 10.6. The summed E-state index contributed by atoms with van der Waals surface area (Å²) in [4.78, 5) is 48.5. The molecule has 0 heterocycles. The Kier molecular flexibility index (Phi) is 8.18. The fourth-order valence-electron chi connectivity index (χ4n) is 3.43.